The first-order valence-corrected chi connectivity index (χ1v) is 15.8. The van der Waals surface area contributed by atoms with Crippen molar-refractivity contribution in [1.29, 1.82) is 0 Å². The van der Waals surface area contributed by atoms with Gasteiger partial charge in [0.1, 0.15) is 17.7 Å². The second kappa shape index (κ2) is 15.6. The van der Waals surface area contributed by atoms with E-state index in [4.69, 9.17) is 16.3 Å². The summed E-state index contributed by atoms with van der Waals surface area (Å²) in [5.41, 5.74) is 2.49. The second-order valence-corrected chi connectivity index (χ2v) is 12.9. The summed E-state index contributed by atoms with van der Waals surface area (Å²) in [4.78, 5) is 16.9. The first kappa shape index (κ1) is 34.4. The van der Waals surface area contributed by atoms with Gasteiger partial charge in [-0.15, -0.1) is 0 Å². The van der Waals surface area contributed by atoms with Gasteiger partial charge in [-0.3, -0.25) is 14.6 Å². The number of halogens is 3. The van der Waals surface area contributed by atoms with Crippen molar-refractivity contribution in [3.63, 3.8) is 0 Å². The topological polar surface area (TPSA) is 53.0 Å². The Morgan fingerprint density at radius 3 is 2.26 bits per heavy atom. The maximum absolute atomic E-state index is 15.1. The van der Waals surface area contributed by atoms with Crippen molar-refractivity contribution in [2.75, 3.05) is 26.7 Å². The Bertz CT molecular complexity index is 1180. The van der Waals surface area contributed by atoms with Gasteiger partial charge in [0.2, 0.25) is 0 Å². The lowest BCUT2D eigenvalue weighted by atomic mass is 9.77. The summed E-state index contributed by atoms with van der Waals surface area (Å²) >= 11 is 6.29. The number of nitrogens with zero attached hydrogens (tertiary/aromatic N) is 2. The molecular weight excluding hydrogens is 558 g/mol. The molecule has 3 rings (SSSR count). The average Bonchev–Trinajstić information content (AvgIpc) is 2.92. The van der Waals surface area contributed by atoms with Gasteiger partial charge in [0.05, 0.1) is 12.2 Å². The Morgan fingerprint density at radius 2 is 1.69 bits per heavy atom. The summed E-state index contributed by atoms with van der Waals surface area (Å²) in [6.45, 7) is 14.0. The molecule has 2 aromatic carbocycles. The summed E-state index contributed by atoms with van der Waals surface area (Å²) in [5.74, 6) is -1.19. The molecule has 1 saturated carbocycles. The van der Waals surface area contributed by atoms with E-state index < -0.39 is 12.0 Å². The number of carboxylic acid groups (broad SMARTS) is 1. The van der Waals surface area contributed by atoms with Crippen molar-refractivity contribution >= 4 is 17.6 Å². The van der Waals surface area contributed by atoms with Gasteiger partial charge in [0.25, 0.3) is 0 Å². The molecule has 2 aromatic rings. The third kappa shape index (κ3) is 8.75. The van der Waals surface area contributed by atoms with E-state index in [1.54, 1.807) is 32.2 Å². The predicted molar refractivity (Wildman–Crippen MR) is 166 cm³/mol. The number of rotatable bonds is 14. The van der Waals surface area contributed by atoms with Crippen molar-refractivity contribution < 1.29 is 23.4 Å². The zero-order chi connectivity index (χ0) is 31.1. The Labute approximate surface area is 256 Å². The van der Waals surface area contributed by atoms with Crippen LogP contribution in [0, 0.1) is 24.5 Å². The summed E-state index contributed by atoms with van der Waals surface area (Å²) in [7, 11) is 1.79. The standard InChI is InChI=1S/C34H49ClF2N2O3/c1-8-39(20-21(2)3)31(28-19-25(35)11-15-30(28)37)17-18-38(7)33(34(40)41)27-14-16-29(36)23(6)32(27)24-9-12-26(13-10-24)42-22(4)5/h11,14-16,19,21-22,24,26,31,33H,8-10,12-13,17-18,20H2,1-7H3,(H,40,41)/t24?,26?,31-,33?/m0/s1. The fraction of sp³-hybridized carbons (Fsp3) is 0.618. The van der Waals surface area contributed by atoms with E-state index in [-0.39, 0.29) is 35.8 Å². The van der Waals surface area contributed by atoms with Gasteiger partial charge < -0.3 is 9.84 Å². The monoisotopic (exact) mass is 606 g/mol. The van der Waals surface area contributed by atoms with E-state index in [0.717, 1.165) is 37.8 Å². The highest BCUT2D eigenvalue weighted by atomic mass is 35.5. The van der Waals surface area contributed by atoms with E-state index in [0.29, 0.717) is 47.1 Å². The summed E-state index contributed by atoms with van der Waals surface area (Å²) in [6, 6.07) is 6.41. The Kier molecular flexibility index (Phi) is 12.8. The molecule has 1 unspecified atom stereocenters. The molecule has 1 fully saturated rings. The number of hydrogen-bond acceptors (Lipinski definition) is 4. The molecule has 0 aromatic heterocycles. The van der Waals surface area contributed by atoms with Gasteiger partial charge in [0.15, 0.2) is 0 Å². The number of hydrogen-bond donors (Lipinski definition) is 1. The highest BCUT2D eigenvalue weighted by Gasteiger charge is 2.34. The van der Waals surface area contributed by atoms with Crippen molar-refractivity contribution in [1.82, 2.24) is 9.80 Å². The van der Waals surface area contributed by atoms with Gasteiger partial charge in [0, 0.05) is 29.7 Å². The van der Waals surface area contributed by atoms with Crippen LogP contribution in [0.4, 0.5) is 8.78 Å². The Balaban J connectivity index is 1.92. The lowest BCUT2D eigenvalue weighted by molar-refractivity contribution is -0.143. The maximum Gasteiger partial charge on any atom is 0.325 e. The van der Waals surface area contributed by atoms with Crippen LogP contribution >= 0.6 is 11.6 Å². The van der Waals surface area contributed by atoms with E-state index in [9.17, 15) is 14.3 Å². The fourth-order valence-corrected chi connectivity index (χ4v) is 6.82. The fourth-order valence-electron chi connectivity index (χ4n) is 6.64. The molecule has 0 saturated heterocycles. The van der Waals surface area contributed by atoms with E-state index >= 15 is 4.39 Å². The van der Waals surface area contributed by atoms with Gasteiger partial charge in [-0.2, -0.15) is 0 Å². The molecule has 0 bridgehead atoms. The van der Waals surface area contributed by atoms with Crippen LogP contribution < -0.4 is 0 Å². The van der Waals surface area contributed by atoms with Crippen molar-refractivity contribution in [3.8, 4) is 0 Å². The minimum atomic E-state index is -0.985. The number of carboxylic acids is 1. The quantitative estimate of drug-likeness (QED) is 0.233. The van der Waals surface area contributed by atoms with Gasteiger partial charge in [-0.25, -0.2) is 8.78 Å². The minimum Gasteiger partial charge on any atom is -0.480 e. The molecular formula is C34H49ClF2N2O3. The molecule has 1 aliphatic carbocycles. The number of ether oxygens (including phenoxy) is 1. The molecule has 1 N–H and O–H groups in total. The third-order valence-corrected chi connectivity index (χ3v) is 8.75. The number of likely N-dealkylation sites (N-methyl/N-ethyl adjacent to an activating group) is 1. The Hall–Kier alpha value is -2.06. The normalized spacial score (nSPS) is 19.2. The highest BCUT2D eigenvalue weighted by Crippen LogP contribution is 2.41. The van der Waals surface area contributed by atoms with Crippen LogP contribution in [0.15, 0.2) is 30.3 Å². The van der Waals surface area contributed by atoms with Crippen LogP contribution in [0.25, 0.3) is 0 Å². The van der Waals surface area contributed by atoms with Gasteiger partial charge in [-0.1, -0.05) is 38.4 Å². The average molecular weight is 607 g/mol. The molecule has 8 heteroatoms. The molecule has 0 heterocycles. The minimum absolute atomic E-state index is 0.0629. The maximum atomic E-state index is 15.1. The number of aliphatic carboxylic acids is 1. The van der Waals surface area contributed by atoms with Crippen LogP contribution in [-0.4, -0.2) is 59.8 Å². The van der Waals surface area contributed by atoms with Crippen LogP contribution in [0.5, 0.6) is 0 Å². The molecule has 0 aliphatic heterocycles. The third-order valence-electron chi connectivity index (χ3n) is 8.52. The van der Waals surface area contributed by atoms with E-state index in [1.807, 2.05) is 18.7 Å². The van der Waals surface area contributed by atoms with Crippen molar-refractivity contribution in [2.24, 2.45) is 5.92 Å². The van der Waals surface area contributed by atoms with Crippen LogP contribution in [0.3, 0.4) is 0 Å². The zero-order valence-electron chi connectivity index (χ0n) is 26.3. The lowest BCUT2D eigenvalue weighted by Gasteiger charge is -2.36. The molecule has 5 nitrogen and oxygen atoms in total. The first-order chi connectivity index (χ1) is 19.8. The van der Waals surface area contributed by atoms with Crippen molar-refractivity contribution in [2.45, 2.75) is 104 Å². The van der Waals surface area contributed by atoms with Crippen LogP contribution in [0.2, 0.25) is 5.02 Å². The molecule has 42 heavy (non-hydrogen) atoms. The molecule has 1 aliphatic rings. The molecule has 234 valence electrons. The predicted octanol–water partition coefficient (Wildman–Crippen LogP) is 8.54. The summed E-state index contributed by atoms with van der Waals surface area (Å²) in [6.07, 6.45) is 4.20. The summed E-state index contributed by atoms with van der Waals surface area (Å²) < 4.78 is 36.1. The second-order valence-electron chi connectivity index (χ2n) is 12.5. The molecule has 0 amide bonds. The van der Waals surface area contributed by atoms with Crippen LogP contribution in [0.1, 0.15) is 107 Å². The molecule has 2 atom stereocenters. The highest BCUT2D eigenvalue weighted by molar-refractivity contribution is 6.30. The van der Waals surface area contributed by atoms with Gasteiger partial charge >= 0.3 is 5.97 Å². The van der Waals surface area contributed by atoms with Crippen LogP contribution in [-0.2, 0) is 9.53 Å². The first-order valence-electron chi connectivity index (χ1n) is 15.4. The van der Waals surface area contributed by atoms with E-state index in [2.05, 4.69) is 25.7 Å². The largest absolute Gasteiger partial charge is 0.480 e. The van der Waals surface area contributed by atoms with Gasteiger partial charge in [-0.05, 0) is 119 Å². The summed E-state index contributed by atoms with van der Waals surface area (Å²) in [5, 5.41) is 11.0. The lowest BCUT2D eigenvalue weighted by Crippen LogP contribution is -2.37. The number of benzene rings is 2. The molecule has 0 spiro atoms. The van der Waals surface area contributed by atoms with E-state index in [1.165, 1.54) is 12.1 Å². The zero-order valence-corrected chi connectivity index (χ0v) is 27.1. The molecule has 0 radical (unpaired) electrons. The SMILES string of the molecule is CCN(CC(C)C)[C@@H](CCN(C)C(C(=O)O)c1ccc(F)c(C)c1C1CCC(OC(C)C)CC1)c1cc(Cl)ccc1F. The van der Waals surface area contributed by atoms with Crippen molar-refractivity contribution in [3.05, 3.63) is 69.2 Å². The smallest absolute Gasteiger partial charge is 0.325 e. The number of carbonyl (C=O) groups is 1. The Morgan fingerprint density at radius 1 is 1.05 bits per heavy atom.